The van der Waals surface area contributed by atoms with Gasteiger partial charge in [0.15, 0.2) is 0 Å². The van der Waals surface area contributed by atoms with Gasteiger partial charge in [0.2, 0.25) is 0 Å². The molecule has 0 spiro atoms. The Morgan fingerprint density at radius 1 is 1.32 bits per heavy atom. The van der Waals surface area contributed by atoms with Gasteiger partial charge in [-0.3, -0.25) is 4.79 Å². The van der Waals surface area contributed by atoms with Gasteiger partial charge in [0.05, 0.1) is 6.21 Å². The van der Waals surface area contributed by atoms with E-state index < -0.39 is 0 Å². The Balaban J connectivity index is 1.94. The highest BCUT2D eigenvalue weighted by molar-refractivity contribution is 7.13. The average Bonchev–Trinajstić information content (AvgIpc) is 2.87. The number of hydrazone groups is 1. The largest absolute Gasteiger partial charge is 0.508 e. The van der Waals surface area contributed by atoms with E-state index in [1.54, 1.807) is 29.7 Å². The van der Waals surface area contributed by atoms with E-state index >= 15 is 0 Å². The molecule has 19 heavy (non-hydrogen) atoms. The third-order valence-corrected chi connectivity index (χ3v) is 3.68. The summed E-state index contributed by atoms with van der Waals surface area (Å²) in [6.45, 7) is 2.10. The van der Waals surface area contributed by atoms with Crippen LogP contribution in [0.2, 0.25) is 0 Å². The van der Waals surface area contributed by atoms with E-state index in [2.05, 4.69) is 17.5 Å². The van der Waals surface area contributed by atoms with Gasteiger partial charge >= 0.3 is 0 Å². The summed E-state index contributed by atoms with van der Waals surface area (Å²) in [6.07, 6.45) is 2.63. The van der Waals surface area contributed by atoms with Gasteiger partial charge < -0.3 is 5.11 Å². The Kier molecular flexibility index (Phi) is 4.30. The van der Waals surface area contributed by atoms with Gasteiger partial charge in [-0.2, -0.15) is 5.10 Å². The first kappa shape index (κ1) is 13.3. The molecule has 5 heteroatoms. The fourth-order valence-electron chi connectivity index (χ4n) is 1.49. The van der Waals surface area contributed by atoms with Crippen molar-refractivity contribution in [3.05, 3.63) is 51.7 Å². The van der Waals surface area contributed by atoms with Crippen LogP contribution in [0.3, 0.4) is 0 Å². The molecule has 0 bridgehead atoms. The molecule has 2 N–H and O–H groups in total. The van der Waals surface area contributed by atoms with Crippen LogP contribution < -0.4 is 5.43 Å². The Hall–Kier alpha value is -2.14. The van der Waals surface area contributed by atoms with Crippen molar-refractivity contribution in [2.24, 2.45) is 5.10 Å². The summed E-state index contributed by atoms with van der Waals surface area (Å²) in [4.78, 5) is 14.0. The minimum atomic E-state index is -0.302. The summed E-state index contributed by atoms with van der Waals surface area (Å²) in [7, 11) is 0. The first-order valence-electron chi connectivity index (χ1n) is 5.90. The van der Waals surface area contributed by atoms with Crippen LogP contribution in [0.25, 0.3) is 0 Å². The lowest BCUT2D eigenvalue weighted by molar-refractivity contribution is 0.0955. The van der Waals surface area contributed by atoms with Crippen molar-refractivity contribution in [2.45, 2.75) is 13.3 Å². The number of nitrogens with one attached hydrogen (secondary N) is 1. The molecule has 0 aliphatic heterocycles. The topological polar surface area (TPSA) is 61.7 Å². The van der Waals surface area contributed by atoms with Crippen LogP contribution in [-0.2, 0) is 6.42 Å². The molecule has 0 saturated heterocycles. The summed E-state index contributed by atoms with van der Waals surface area (Å²) in [5.74, 6) is -0.172. The molecule has 1 heterocycles. The van der Waals surface area contributed by atoms with Crippen molar-refractivity contribution in [2.75, 3.05) is 0 Å². The quantitative estimate of drug-likeness (QED) is 0.665. The van der Waals surface area contributed by atoms with Crippen molar-refractivity contribution in [1.29, 1.82) is 0 Å². The SMILES string of the molecule is CCc1ccc(/C=N/NC(=O)c2ccc(O)cc2)s1. The number of carbonyl (C=O) groups excluding carboxylic acids is 1. The van der Waals surface area contributed by atoms with Gasteiger partial charge in [0.25, 0.3) is 5.91 Å². The normalized spacial score (nSPS) is 10.8. The Bertz CT molecular complexity index is 588. The lowest BCUT2D eigenvalue weighted by Gasteiger charge is -1.99. The van der Waals surface area contributed by atoms with Crippen LogP contribution in [0.4, 0.5) is 0 Å². The fourth-order valence-corrected chi connectivity index (χ4v) is 2.31. The number of carbonyl (C=O) groups is 1. The van der Waals surface area contributed by atoms with Crippen LogP contribution in [0.5, 0.6) is 5.75 Å². The molecule has 0 aliphatic carbocycles. The zero-order chi connectivity index (χ0) is 13.7. The first-order chi connectivity index (χ1) is 9.19. The summed E-state index contributed by atoms with van der Waals surface area (Å²) < 4.78 is 0. The number of hydrogen-bond acceptors (Lipinski definition) is 4. The Labute approximate surface area is 115 Å². The second kappa shape index (κ2) is 6.15. The zero-order valence-electron chi connectivity index (χ0n) is 10.5. The van der Waals surface area contributed by atoms with Gasteiger partial charge in [0.1, 0.15) is 5.75 Å². The maximum absolute atomic E-state index is 11.7. The number of hydrogen-bond donors (Lipinski definition) is 2. The molecule has 1 aromatic heterocycles. The zero-order valence-corrected chi connectivity index (χ0v) is 11.3. The highest BCUT2D eigenvalue weighted by Crippen LogP contribution is 2.14. The van der Waals surface area contributed by atoms with Crippen LogP contribution in [0.1, 0.15) is 27.0 Å². The second-order valence-electron chi connectivity index (χ2n) is 3.90. The second-order valence-corrected chi connectivity index (χ2v) is 5.10. The number of phenols is 1. The minimum Gasteiger partial charge on any atom is -0.508 e. The number of thiophene rings is 1. The molecule has 0 radical (unpaired) electrons. The summed E-state index contributed by atoms with van der Waals surface area (Å²) in [6, 6.07) is 10.0. The van der Waals surface area contributed by atoms with Gasteiger partial charge in [0, 0.05) is 15.3 Å². The fraction of sp³-hybridized carbons (Fsp3) is 0.143. The highest BCUT2D eigenvalue weighted by atomic mass is 32.1. The molecule has 4 nitrogen and oxygen atoms in total. The van der Waals surface area contributed by atoms with Gasteiger partial charge in [-0.05, 0) is 42.8 Å². The molecule has 0 fully saturated rings. The smallest absolute Gasteiger partial charge is 0.271 e. The molecular formula is C14H14N2O2S. The molecule has 0 saturated carbocycles. The van der Waals surface area contributed by atoms with Crippen molar-refractivity contribution in [1.82, 2.24) is 5.43 Å². The predicted molar refractivity (Wildman–Crippen MR) is 76.9 cm³/mol. The van der Waals surface area contributed by atoms with Crippen molar-refractivity contribution < 1.29 is 9.90 Å². The number of aryl methyl sites for hydroxylation is 1. The molecule has 1 amide bonds. The van der Waals surface area contributed by atoms with E-state index in [0.717, 1.165) is 11.3 Å². The summed E-state index contributed by atoms with van der Waals surface area (Å²) in [5, 5.41) is 13.0. The molecule has 2 aromatic rings. The van der Waals surface area contributed by atoms with Crippen molar-refractivity contribution in [3.63, 3.8) is 0 Å². The van der Waals surface area contributed by atoms with Crippen LogP contribution in [0, 0.1) is 0 Å². The van der Waals surface area contributed by atoms with E-state index in [1.165, 1.54) is 17.0 Å². The molecule has 0 unspecified atom stereocenters. The summed E-state index contributed by atoms with van der Waals surface area (Å²) >= 11 is 1.65. The number of aromatic hydroxyl groups is 1. The van der Waals surface area contributed by atoms with E-state index in [1.807, 2.05) is 12.1 Å². The highest BCUT2D eigenvalue weighted by Gasteiger charge is 2.03. The lowest BCUT2D eigenvalue weighted by atomic mass is 10.2. The van der Waals surface area contributed by atoms with E-state index in [-0.39, 0.29) is 11.7 Å². The molecular weight excluding hydrogens is 260 g/mol. The van der Waals surface area contributed by atoms with E-state index in [9.17, 15) is 4.79 Å². The third kappa shape index (κ3) is 3.66. The van der Waals surface area contributed by atoms with Crippen LogP contribution in [-0.4, -0.2) is 17.2 Å². The number of nitrogens with zero attached hydrogens (tertiary/aromatic N) is 1. The first-order valence-corrected chi connectivity index (χ1v) is 6.72. The maximum atomic E-state index is 11.7. The van der Waals surface area contributed by atoms with E-state index in [4.69, 9.17) is 5.11 Å². The van der Waals surface area contributed by atoms with Crippen LogP contribution in [0.15, 0.2) is 41.5 Å². The number of amides is 1. The molecule has 0 atom stereocenters. The van der Waals surface area contributed by atoms with Gasteiger partial charge in [-0.1, -0.05) is 6.92 Å². The molecule has 1 aromatic carbocycles. The standard InChI is InChI=1S/C14H14N2O2S/c1-2-12-7-8-13(19-12)9-15-16-14(18)10-3-5-11(17)6-4-10/h3-9,17H,2H2,1H3,(H,16,18)/b15-9+. The monoisotopic (exact) mass is 274 g/mol. The van der Waals surface area contributed by atoms with Gasteiger partial charge in [-0.15, -0.1) is 11.3 Å². The van der Waals surface area contributed by atoms with Gasteiger partial charge in [-0.25, -0.2) is 5.43 Å². The lowest BCUT2D eigenvalue weighted by Crippen LogP contribution is -2.17. The van der Waals surface area contributed by atoms with E-state index in [0.29, 0.717) is 5.56 Å². The maximum Gasteiger partial charge on any atom is 0.271 e. The number of phenolic OH excluding ortho intramolecular Hbond substituents is 1. The number of benzene rings is 1. The molecule has 2 rings (SSSR count). The molecule has 98 valence electrons. The Morgan fingerprint density at radius 3 is 2.68 bits per heavy atom. The van der Waals surface area contributed by atoms with Crippen LogP contribution >= 0.6 is 11.3 Å². The predicted octanol–water partition coefficient (Wildman–Crippen LogP) is 2.78. The number of rotatable bonds is 4. The minimum absolute atomic E-state index is 0.130. The Morgan fingerprint density at radius 2 is 2.05 bits per heavy atom. The summed E-state index contributed by atoms with van der Waals surface area (Å²) in [5.41, 5.74) is 2.90. The van der Waals surface area contributed by atoms with Crippen molar-refractivity contribution in [3.8, 4) is 5.75 Å². The van der Waals surface area contributed by atoms with Crippen molar-refractivity contribution >= 4 is 23.5 Å². The third-order valence-electron chi connectivity index (χ3n) is 2.52. The average molecular weight is 274 g/mol. The molecule has 0 aliphatic rings.